The molecule has 31 heavy (non-hydrogen) atoms. The van der Waals surface area contributed by atoms with Crippen molar-refractivity contribution in [1.29, 1.82) is 0 Å². The molecular formula is C24H35ClN2O4. The Hall–Kier alpha value is -2.28. The molecule has 0 radical (unpaired) electrons. The van der Waals surface area contributed by atoms with Gasteiger partial charge in [0.25, 0.3) is 0 Å². The van der Waals surface area contributed by atoms with Crippen molar-refractivity contribution in [2.24, 2.45) is 5.92 Å². The predicted octanol–water partition coefficient (Wildman–Crippen LogP) is 4.41. The van der Waals surface area contributed by atoms with Crippen LogP contribution in [0.25, 0.3) is 0 Å². The third kappa shape index (κ3) is 8.05. The molecule has 3 rings (SSSR count). The maximum Gasteiger partial charge on any atom is 0.221 e. The van der Waals surface area contributed by atoms with Gasteiger partial charge >= 0.3 is 0 Å². The molecule has 2 atom stereocenters. The number of phenolic OH excluding ortho intramolecular Hbond substituents is 1. The minimum absolute atomic E-state index is 0. The van der Waals surface area contributed by atoms with E-state index in [9.17, 15) is 9.90 Å². The van der Waals surface area contributed by atoms with Gasteiger partial charge in [0.1, 0.15) is 11.5 Å². The molecule has 0 aromatic heterocycles. The van der Waals surface area contributed by atoms with Crippen molar-refractivity contribution in [2.45, 2.75) is 38.2 Å². The molecular weight excluding hydrogens is 416 g/mol. The van der Waals surface area contributed by atoms with Crippen molar-refractivity contribution in [1.82, 2.24) is 4.90 Å². The van der Waals surface area contributed by atoms with Crippen molar-refractivity contribution in [3.05, 3.63) is 54.1 Å². The summed E-state index contributed by atoms with van der Waals surface area (Å²) in [7, 11) is 5.81. The highest BCUT2D eigenvalue weighted by molar-refractivity contribution is 5.88. The van der Waals surface area contributed by atoms with E-state index >= 15 is 0 Å². The summed E-state index contributed by atoms with van der Waals surface area (Å²) in [6.45, 7) is 2.36. The first-order valence-corrected chi connectivity index (χ1v) is 10.3. The smallest absolute Gasteiger partial charge is 0.221 e. The van der Waals surface area contributed by atoms with Gasteiger partial charge in [-0.15, -0.1) is 12.4 Å². The van der Waals surface area contributed by atoms with Crippen LogP contribution in [0.1, 0.15) is 38.2 Å². The Kier molecular flexibility index (Phi) is 10.8. The maximum absolute atomic E-state index is 11.2. The summed E-state index contributed by atoms with van der Waals surface area (Å²) in [5.74, 6) is 1.19. The molecule has 1 saturated carbocycles. The average Bonchev–Trinajstić information content (AvgIpc) is 2.71. The number of rotatable bonds is 5. The summed E-state index contributed by atoms with van der Waals surface area (Å²) < 4.78 is 5.29. The summed E-state index contributed by atoms with van der Waals surface area (Å²) in [4.78, 5) is 12.7. The highest BCUT2D eigenvalue weighted by Gasteiger charge is 2.40. The standard InChI is InChI=1S/C16H25NO2.C8H9NO2.ClH/c1-17(2)12-14-7-4-5-10-16(14,18)13-8-6-9-15(11-13)19-3;1-6(10)9-7-2-4-8(11)5-3-7;/h6,8-9,11,14,18H,4-5,7,10,12H2,1-3H3;2-5,11H,1H3,(H,9,10);1H. The lowest BCUT2D eigenvalue weighted by molar-refractivity contribution is -0.114. The lowest BCUT2D eigenvalue weighted by atomic mass is 9.71. The molecule has 1 amide bonds. The van der Waals surface area contributed by atoms with E-state index in [1.807, 2.05) is 24.3 Å². The fraction of sp³-hybridized carbons (Fsp3) is 0.458. The van der Waals surface area contributed by atoms with Crippen LogP contribution < -0.4 is 10.1 Å². The predicted molar refractivity (Wildman–Crippen MR) is 127 cm³/mol. The highest BCUT2D eigenvalue weighted by Crippen LogP contribution is 2.42. The molecule has 2 aromatic rings. The third-order valence-corrected chi connectivity index (χ3v) is 5.38. The van der Waals surface area contributed by atoms with Gasteiger partial charge in [0, 0.05) is 25.1 Å². The molecule has 0 bridgehead atoms. The normalized spacial score (nSPS) is 20.1. The summed E-state index contributed by atoms with van der Waals surface area (Å²) in [6, 6.07) is 14.2. The van der Waals surface area contributed by atoms with Crippen LogP contribution in [-0.2, 0) is 10.4 Å². The average molecular weight is 451 g/mol. The number of halogens is 1. The Labute approximate surface area is 191 Å². The largest absolute Gasteiger partial charge is 0.508 e. The van der Waals surface area contributed by atoms with Gasteiger partial charge in [0.2, 0.25) is 5.91 Å². The molecule has 1 aliphatic rings. The van der Waals surface area contributed by atoms with Crippen molar-refractivity contribution >= 4 is 24.0 Å². The minimum Gasteiger partial charge on any atom is -0.508 e. The SMILES string of the molecule is CC(=O)Nc1ccc(O)cc1.COc1cccc(C2(O)CCCCC2CN(C)C)c1.Cl. The van der Waals surface area contributed by atoms with Gasteiger partial charge in [-0.2, -0.15) is 0 Å². The molecule has 3 N–H and O–H groups in total. The van der Waals surface area contributed by atoms with Gasteiger partial charge in [-0.05, 0) is 68.9 Å². The number of nitrogens with zero attached hydrogens (tertiary/aromatic N) is 1. The fourth-order valence-corrected chi connectivity index (χ4v) is 3.93. The van der Waals surface area contributed by atoms with Crippen LogP contribution in [0, 0.1) is 5.92 Å². The van der Waals surface area contributed by atoms with Gasteiger partial charge in [-0.1, -0.05) is 25.0 Å². The van der Waals surface area contributed by atoms with Crippen LogP contribution in [0.5, 0.6) is 11.5 Å². The summed E-state index contributed by atoms with van der Waals surface area (Å²) in [5, 5.41) is 22.6. The zero-order valence-corrected chi connectivity index (χ0v) is 19.6. The zero-order valence-electron chi connectivity index (χ0n) is 18.8. The number of hydrogen-bond acceptors (Lipinski definition) is 5. The first kappa shape index (κ1) is 26.8. The molecule has 1 fully saturated rings. The maximum atomic E-state index is 11.2. The highest BCUT2D eigenvalue weighted by atomic mass is 35.5. The Morgan fingerprint density at radius 1 is 1.19 bits per heavy atom. The van der Waals surface area contributed by atoms with Crippen molar-refractivity contribution in [3.63, 3.8) is 0 Å². The molecule has 0 heterocycles. The molecule has 0 aliphatic heterocycles. The number of benzene rings is 2. The first-order chi connectivity index (χ1) is 14.2. The number of aliphatic hydroxyl groups is 1. The summed E-state index contributed by atoms with van der Waals surface area (Å²) >= 11 is 0. The van der Waals surface area contributed by atoms with E-state index in [0.717, 1.165) is 37.1 Å². The minimum atomic E-state index is -0.711. The van der Waals surface area contributed by atoms with E-state index in [-0.39, 0.29) is 24.1 Å². The number of ether oxygens (including phenoxy) is 1. The number of carbonyl (C=O) groups excluding carboxylic acids is 1. The number of aromatic hydroxyl groups is 1. The zero-order chi connectivity index (χ0) is 22.1. The van der Waals surface area contributed by atoms with E-state index in [4.69, 9.17) is 9.84 Å². The lowest BCUT2D eigenvalue weighted by Crippen LogP contribution is -2.43. The van der Waals surface area contributed by atoms with Crippen LogP contribution in [-0.4, -0.2) is 48.8 Å². The van der Waals surface area contributed by atoms with Gasteiger partial charge in [0.15, 0.2) is 0 Å². The molecule has 0 saturated heterocycles. The van der Waals surface area contributed by atoms with E-state index in [2.05, 4.69) is 24.3 Å². The van der Waals surface area contributed by atoms with Crippen LogP contribution in [0.3, 0.4) is 0 Å². The van der Waals surface area contributed by atoms with Gasteiger partial charge < -0.3 is 25.2 Å². The van der Waals surface area contributed by atoms with E-state index < -0.39 is 5.60 Å². The molecule has 6 nitrogen and oxygen atoms in total. The molecule has 1 aliphatic carbocycles. The Bertz CT molecular complexity index is 813. The fourth-order valence-electron chi connectivity index (χ4n) is 3.93. The second kappa shape index (κ2) is 12.5. The van der Waals surface area contributed by atoms with Gasteiger partial charge in [0.05, 0.1) is 12.7 Å². The summed E-state index contributed by atoms with van der Waals surface area (Å²) in [5.41, 5.74) is 0.977. The monoisotopic (exact) mass is 450 g/mol. The van der Waals surface area contributed by atoms with Crippen LogP contribution >= 0.6 is 12.4 Å². The molecule has 2 unspecified atom stereocenters. The molecule has 172 valence electrons. The molecule has 7 heteroatoms. The van der Waals surface area contributed by atoms with Crippen LogP contribution in [0.4, 0.5) is 5.69 Å². The van der Waals surface area contributed by atoms with Gasteiger partial charge in [-0.3, -0.25) is 4.79 Å². The number of phenols is 1. The van der Waals surface area contributed by atoms with Crippen molar-refractivity contribution < 1.29 is 19.7 Å². The van der Waals surface area contributed by atoms with E-state index in [1.165, 1.54) is 25.5 Å². The first-order valence-electron chi connectivity index (χ1n) is 10.3. The number of anilines is 1. The van der Waals surface area contributed by atoms with Crippen LogP contribution in [0.2, 0.25) is 0 Å². The number of methoxy groups -OCH3 is 1. The topological polar surface area (TPSA) is 82.0 Å². The van der Waals surface area contributed by atoms with Gasteiger partial charge in [-0.25, -0.2) is 0 Å². The van der Waals surface area contributed by atoms with E-state index in [1.54, 1.807) is 19.2 Å². The Morgan fingerprint density at radius 3 is 2.45 bits per heavy atom. The third-order valence-electron chi connectivity index (χ3n) is 5.38. The quantitative estimate of drug-likeness (QED) is 0.588. The second-order valence-electron chi connectivity index (χ2n) is 8.09. The lowest BCUT2D eigenvalue weighted by Gasteiger charge is -2.41. The Morgan fingerprint density at radius 2 is 1.87 bits per heavy atom. The Balaban J connectivity index is 0.000000344. The van der Waals surface area contributed by atoms with E-state index in [0.29, 0.717) is 11.6 Å². The van der Waals surface area contributed by atoms with Crippen molar-refractivity contribution in [3.8, 4) is 11.5 Å². The second-order valence-corrected chi connectivity index (χ2v) is 8.09. The number of hydrogen-bond donors (Lipinski definition) is 3. The number of amides is 1. The van der Waals surface area contributed by atoms with Crippen LogP contribution in [0.15, 0.2) is 48.5 Å². The van der Waals surface area contributed by atoms with Crippen molar-refractivity contribution in [2.75, 3.05) is 33.1 Å². The number of carbonyl (C=O) groups is 1. The summed E-state index contributed by atoms with van der Waals surface area (Å²) in [6.07, 6.45) is 4.24. The molecule has 0 spiro atoms. The number of nitrogens with one attached hydrogen (secondary N) is 1. The molecule has 2 aromatic carbocycles.